The fourth-order valence-corrected chi connectivity index (χ4v) is 8.13. The van der Waals surface area contributed by atoms with Crippen LogP contribution in [0.5, 0.6) is 0 Å². The number of benzene rings is 7. The third kappa shape index (κ3) is 8.18. The summed E-state index contributed by atoms with van der Waals surface area (Å²) in [6.45, 7) is 0.771. The Morgan fingerprint density at radius 2 is 0.746 bits per heavy atom. The van der Waals surface area contributed by atoms with Gasteiger partial charge in [0.15, 0.2) is 82.5 Å². The molecule has 1 heterocycles. The van der Waals surface area contributed by atoms with E-state index in [1.54, 1.807) is 0 Å². The molecule has 0 aliphatic heterocycles. The van der Waals surface area contributed by atoms with Gasteiger partial charge in [-0.25, -0.2) is 87.8 Å². The van der Waals surface area contributed by atoms with E-state index in [0.717, 1.165) is 17.8 Å². The molecule has 25 heteroatoms. The molecule has 71 heavy (non-hydrogen) atoms. The monoisotopic (exact) mass is 1020 g/mol. The lowest BCUT2D eigenvalue weighted by Crippen LogP contribution is -2.81. The predicted octanol–water partition coefficient (Wildman–Crippen LogP) is 11.6. The molecule has 0 N–H and O–H groups in total. The first kappa shape index (κ1) is 50.8. The van der Waals surface area contributed by atoms with E-state index in [1.165, 1.54) is 16.3 Å². The van der Waals surface area contributed by atoms with Crippen molar-refractivity contribution in [3.8, 4) is 11.3 Å². The van der Waals surface area contributed by atoms with Crippen molar-refractivity contribution in [3.63, 3.8) is 0 Å². The molecule has 0 spiro atoms. The molecule has 0 aliphatic carbocycles. The lowest BCUT2D eigenvalue weighted by Gasteiger charge is -2.44. The Labute approximate surface area is 382 Å². The molecule has 0 amide bonds. The second-order valence-corrected chi connectivity index (χ2v) is 14.9. The number of azide groups is 1. The molecule has 0 fully saturated rings. The molecule has 4 nitrogen and oxygen atoms in total. The van der Waals surface area contributed by atoms with Crippen LogP contribution in [0.4, 0.5) is 93.5 Å². The zero-order chi connectivity index (χ0) is 52.1. The first-order valence-electron chi connectivity index (χ1n) is 19.4. The third-order valence-corrected chi connectivity index (χ3v) is 11.1. The summed E-state index contributed by atoms with van der Waals surface area (Å²) in [5.41, 5.74) is -1.58. The van der Waals surface area contributed by atoms with Gasteiger partial charge in [0.1, 0.15) is 52.7 Å². The summed E-state index contributed by atoms with van der Waals surface area (Å²) in [6.07, 6.45) is -5.10. The molecule has 0 bridgehead atoms. The summed E-state index contributed by atoms with van der Waals surface area (Å²) < 4.78 is 296. The van der Waals surface area contributed by atoms with Crippen LogP contribution in [0.15, 0.2) is 96.2 Å². The van der Waals surface area contributed by atoms with Crippen LogP contribution in [-0.4, -0.2) is 6.15 Å². The summed E-state index contributed by atoms with van der Waals surface area (Å²) in [4.78, 5) is 2.91. The van der Waals surface area contributed by atoms with Gasteiger partial charge in [0, 0.05) is 27.8 Å². The fourth-order valence-electron chi connectivity index (χ4n) is 8.13. The molecule has 364 valence electrons. The quantitative estimate of drug-likeness (QED) is 0.0213. The smallest absolute Gasteiger partial charge is 0.207 e. The second-order valence-electron chi connectivity index (χ2n) is 14.9. The first-order chi connectivity index (χ1) is 33.5. The minimum Gasteiger partial charge on any atom is -0.207 e. The molecule has 8 aromatic rings. The third-order valence-electron chi connectivity index (χ3n) is 11.1. The number of fused-ring (bicyclic) bond motifs is 1. The summed E-state index contributed by atoms with van der Waals surface area (Å²) in [5, 5.41) is 6.11. The first-order valence-corrected chi connectivity index (χ1v) is 19.4. The van der Waals surface area contributed by atoms with Gasteiger partial charge >= 0.3 is 0 Å². The zero-order valence-electron chi connectivity index (χ0n) is 34.3. The van der Waals surface area contributed by atoms with Gasteiger partial charge in [-0.15, -0.1) is 21.9 Å². The predicted molar refractivity (Wildman–Crippen MR) is 213 cm³/mol. The Morgan fingerprint density at radius 1 is 0.394 bits per heavy atom. The van der Waals surface area contributed by atoms with Gasteiger partial charge in [-0.3, -0.25) is 0 Å². The number of nitrogens with zero attached hydrogens (tertiary/aromatic N) is 4. The van der Waals surface area contributed by atoms with Crippen molar-refractivity contribution in [1.82, 2.24) is 0 Å². The Morgan fingerprint density at radius 3 is 1.13 bits per heavy atom. The minimum absolute atomic E-state index is 0.615. The van der Waals surface area contributed by atoms with Gasteiger partial charge < -0.3 is 0 Å². The van der Waals surface area contributed by atoms with Crippen LogP contribution in [0.2, 0.25) is 0 Å². The van der Waals surface area contributed by atoms with Gasteiger partial charge in [-0.05, 0) is 29.1 Å². The molecule has 1 aromatic heterocycles. The van der Waals surface area contributed by atoms with E-state index in [9.17, 15) is 52.7 Å². The second kappa shape index (κ2) is 19.4. The maximum atomic E-state index is 15.4. The van der Waals surface area contributed by atoms with E-state index in [-0.39, 0.29) is 0 Å². The van der Waals surface area contributed by atoms with E-state index < -0.39 is 144 Å². The van der Waals surface area contributed by atoms with E-state index in [0.29, 0.717) is 5.69 Å². The average Bonchev–Trinajstić information content (AvgIpc) is 3.36. The van der Waals surface area contributed by atoms with Crippen LogP contribution in [0, 0.1) is 116 Å². The Bertz CT molecular complexity index is 3150. The number of hydrogen-bond donors (Lipinski definition) is 0. The van der Waals surface area contributed by atoms with Gasteiger partial charge in [-0.1, -0.05) is 65.8 Å². The highest BCUT2D eigenvalue weighted by molar-refractivity contribution is 7.20. The molecule has 0 aliphatic rings. The lowest BCUT2D eigenvalue weighted by molar-refractivity contribution is -0.676. The Hall–Kier alpha value is -8.08. The van der Waals surface area contributed by atoms with Crippen LogP contribution >= 0.6 is 0 Å². The number of halogens is 20. The molecular formula is C46H17BF20N4. The number of rotatable bonds is 8. The van der Waals surface area contributed by atoms with Crippen molar-refractivity contribution in [3.05, 3.63) is 223 Å². The average molecular weight is 1020 g/mol. The molecule has 8 rings (SSSR count). The van der Waals surface area contributed by atoms with Gasteiger partial charge in [-0.2, -0.15) is 4.57 Å². The van der Waals surface area contributed by atoms with Crippen molar-refractivity contribution in [2.24, 2.45) is 5.11 Å². The van der Waals surface area contributed by atoms with Gasteiger partial charge in [0.05, 0.1) is 5.39 Å². The highest BCUT2D eigenvalue weighted by Crippen LogP contribution is 2.32. The Kier molecular flexibility index (Phi) is 13.9. The summed E-state index contributed by atoms with van der Waals surface area (Å²) in [7, 11) is 0. The fraction of sp³-hybridized carbons (Fsp3) is 0.0217. The van der Waals surface area contributed by atoms with E-state index in [1.807, 2.05) is 30.3 Å². The van der Waals surface area contributed by atoms with Crippen LogP contribution in [0.3, 0.4) is 0 Å². The topological polar surface area (TPSA) is 52.6 Å². The number of hydrogen-bond acceptors (Lipinski definition) is 1. The summed E-state index contributed by atoms with van der Waals surface area (Å²) in [6, 6.07) is 28.6. The van der Waals surface area contributed by atoms with E-state index in [4.69, 9.17) is 5.53 Å². The van der Waals surface area contributed by atoms with Gasteiger partial charge in [0.25, 0.3) is 0 Å². The molecule has 0 saturated carbocycles. The number of pyridine rings is 1. The largest absolute Gasteiger partial charge is 0.220 e. The highest BCUT2D eigenvalue weighted by Gasteiger charge is 2.52. The van der Waals surface area contributed by atoms with Crippen molar-refractivity contribution < 1.29 is 92.4 Å². The maximum absolute atomic E-state index is 15.4. The maximum Gasteiger partial charge on any atom is 0.220 e. The van der Waals surface area contributed by atoms with Crippen molar-refractivity contribution in [1.29, 1.82) is 0 Å². The molecule has 0 unspecified atom stereocenters. The molecule has 0 radical (unpaired) electrons. The van der Waals surface area contributed by atoms with Crippen LogP contribution in [0.25, 0.3) is 32.5 Å². The molecule has 0 saturated heterocycles. The summed E-state index contributed by atoms with van der Waals surface area (Å²) in [5.74, 6) is -71.4. The Balaban J connectivity index is 0.000000240. The number of aromatic nitrogens is 1. The summed E-state index contributed by atoms with van der Waals surface area (Å²) >= 11 is 0. The standard InChI is InChI=1S/C24BF20.C22H17N4/c26-5-1(6(27)14(35)21(42)13(5)34)25(2-7(28)15(36)22(43)16(37)8(2)29,3-9(30)17(38)23(44)18(39)10(3)31)4-11(32)19(40)24(45)20(41)12(4)33;23-25-24-20-11-6-10-19(15-20)22-21-12-5-4-9-18(21)13-14-26(22)16-17-7-2-1-3-8-17/h;1-15H,16H2/q-1;+1. The van der Waals surface area contributed by atoms with Crippen molar-refractivity contribution >= 4 is 44.5 Å². The van der Waals surface area contributed by atoms with Crippen molar-refractivity contribution in [2.75, 3.05) is 0 Å². The van der Waals surface area contributed by atoms with Crippen LogP contribution < -0.4 is 26.4 Å². The molecule has 0 atom stereocenters. The normalized spacial score (nSPS) is 11.4. The van der Waals surface area contributed by atoms with Crippen LogP contribution in [0.1, 0.15) is 5.56 Å². The molecule has 7 aromatic carbocycles. The zero-order valence-corrected chi connectivity index (χ0v) is 34.3. The minimum atomic E-state index is -7.22. The van der Waals surface area contributed by atoms with E-state index >= 15 is 35.1 Å². The SMILES string of the molecule is Fc1c(F)c(F)c([B-](c2c(F)c(F)c(F)c(F)c2F)(c2c(F)c(F)c(F)c(F)c2F)c2c(F)c(F)c(F)c(F)c2F)c(F)c1F.[N-]=[N+]=Nc1cccc(-c2c3ccccc3cc[n+]2Cc2ccccc2)c1. The van der Waals surface area contributed by atoms with Gasteiger partial charge in [0.2, 0.25) is 5.69 Å². The van der Waals surface area contributed by atoms with Crippen molar-refractivity contribution in [2.45, 2.75) is 6.54 Å². The lowest BCUT2D eigenvalue weighted by atomic mass is 9.12. The van der Waals surface area contributed by atoms with Crippen LogP contribution in [-0.2, 0) is 6.54 Å². The highest BCUT2D eigenvalue weighted by atomic mass is 19.2. The van der Waals surface area contributed by atoms with E-state index in [2.05, 4.69) is 75.4 Å². The molecular weight excluding hydrogens is 999 g/mol.